The number of thioether (sulfide) groups is 1. The summed E-state index contributed by atoms with van der Waals surface area (Å²) in [5.41, 5.74) is 3.08. The van der Waals surface area contributed by atoms with Crippen LogP contribution in [0.5, 0.6) is 0 Å². The number of rotatable bonds is 8. The highest BCUT2D eigenvalue weighted by Crippen LogP contribution is 2.21. The third-order valence-corrected chi connectivity index (χ3v) is 4.70. The highest BCUT2D eigenvalue weighted by molar-refractivity contribution is 7.98. The number of amides is 1. The fraction of sp³-hybridized carbons (Fsp3) is 0.300. The van der Waals surface area contributed by atoms with E-state index >= 15 is 0 Å². The summed E-state index contributed by atoms with van der Waals surface area (Å²) in [4.78, 5) is 24.5. The minimum Gasteiger partial charge on any atom is -0.481 e. The fourth-order valence-corrected chi connectivity index (χ4v) is 3.06. The zero-order valence-corrected chi connectivity index (χ0v) is 15.3. The standard InChI is InChI=1S/C20H23NO3S/c1-14-4-3-5-15(12-14)6-11-19(22)21-18(13-20(23)24)16-7-9-17(25-2)10-8-16/h3-5,7-10,12,18H,6,11,13H2,1-2H3,(H,21,22)(H,23,24). The number of aliphatic carboxylic acids is 1. The molecule has 4 nitrogen and oxygen atoms in total. The van der Waals surface area contributed by atoms with Gasteiger partial charge in [-0.1, -0.05) is 42.0 Å². The molecule has 1 unspecified atom stereocenters. The number of carboxylic acids is 1. The van der Waals surface area contributed by atoms with Crippen LogP contribution in [0.2, 0.25) is 0 Å². The Morgan fingerprint density at radius 3 is 2.48 bits per heavy atom. The van der Waals surface area contributed by atoms with E-state index in [0.29, 0.717) is 12.8 Å². The Labute approximate surface area is 152 Å². The molecular formula is C20H23NO3S. The Balaban J connectivity index is 2.00. The molecule has 0 bridgehead atoms. The lowest BCUT2D eigenvalue weighted by molar-refractivity contribution is -0.137. The minimum absolute atomic E-state index is 0.130. The average molecular weight is 357 g/mol. The second-order valence-electron chi connectivity index (χ2n) is 5.98. The van der Waals surface area contributed by atoms with E-state index in [1.54, 1.807) is 11.8 Å². The van der Waals surface area contributed by atoms with Gasteiger partial charge in [0.05, 0.1) is 12.5 Å². The number of carboxylic acid groups (broad SMARTS) is 1. The molecule has 25 heavy (non-hydrogen) atoms. The molecule has 0 aliphatic rings. The van der Waals surface area contributed by atoms with Crippen molar-refractivity contribution in [2.24, 2.45) is 0 Å². The molecule has 1 amide bonds. The Bertz CT molecular complexity index is 728. The van der Waals surface area contributed by atoms with Crippen LogP contribution in [0.25, 0.3) is 0 Å². The van der Waals surface area contributed by atoms with Crippen molar-refractivity contribution in [3.05, 3.63) is 65.2 Å². The van der Waals surface area contributed by atoms with Crippen LogP contribution in [0.4, 0.5) is 0 Å². The van der Waals surface area contributed by atoms with Crippen molar-refractivity contribution in [3.8, 4) is 0 Å². The molecule has 132 valence electrons. The van der Waals surface area contributed by atoms with Crippen LogP contribution in [0, 0.1) is 6.92 Å². The predicted molar refractivity (Wildman–Crippen MR) is 101 cm³/mol. The summed E-state index contributed by atoms with van der Waals surface area (Å²) in [6.45, 7) is 2.02. The maximum Gasteiger partial charge on any atom is 0.305 e. The molecule has 2 N–H and O–H groups in total. The van der Waals surface area contributed by atoms with E-state index in [9.17, 15) is 9.59 Å². The second-order valence-corrected chi connectivity index (χ2v) is 6.86. The number of carbonyl (C=O) groups is 2. The van der Waals surface area contributed by atoms with Crippen molar-refractivity contribution < 1.29 is 14.7 Å². The number of hydrogen-bond donors (Lipinski definition) is 2. The number of carbonyl (C=O) groups excluding carboxylic acids is 1. The van der Waals surface area contributed by atoms with Crippen LogP contribution in [0.15, 0.2) is 53.4 Å². The van der Waals surface area contributed by atoms with Gasteiger partial charge in [0.1, 0.15) is 0 Å². The van der Waals surface area contributed by atoms with Gasteiger partial charge in [-0.15, -0.1) is 11.8 Å². The summed E-state index contributed by atoms with van der Waals surface area (Å²) >= 11 is 1.62. The van der Waals surface area contributed by atoms with E-state index in [1.807, 2.05) is 55.6 Å². The zero-order valence-electron chi connectivity index (χ0n) is 14.5. The van der Waals surface area contributed by atoms with E-state index in [2.05, 4.69) is 11.4 Å². The first-order valence-corrected chi connectivity index (χ1v) is 9.41. The molecule has 0 aliphatic carbocycles. The van der Waals surface area contributed by atoms with Crippen LogP contribution in [0.3, 0.4) is 0 Å². The fourth-order valence-electron chi connectivity index (χ4n) is 2.66. The van der Waals surface area contributed by atoms with Crippen molar-refractivity contribution >= 4 is 23.6 Å². The van der Waals surface area contributed by atoms with Crippen molar-refractivity contribution in [2.75, 3.05) is 6.26 Å². The third-order valence-electron chi connectivity index (χ3n) is 3.96. The Kier molecular flexibility index (Phi) is 7.07. The molecular weight excluding hydrogens is 334 g/mol. The van der Waals surface area contributed by atoms with E-state index in [4.69, 9.17) is 5.11 Å². The molecule has 1 atom stereocenters. The van der Waals surface area contributed by atoms with Crippen LogP contribution in [-0.4, -0.2) is 23.2 Å². The van der Waals surface area contributed by atoms with Crippen molar-refractivity contribution in [2.45, 2.75) is 37.1 Å². The molecule has 0 saturated heterocycles. The van der Waals surface area contributed by atoms with Gasteiger partial charge in [-0.25, -0.2) is 0 Å². The normalized spacial score (nSPS) is 11.8. The first-order valence-electron chi connectivity index (χ1n) is 8.18. The highest BCUT2D eigenvalue weighted by Gasteiger charge is 2.18. The molecule has 2 rings (SSSR count). The predicted octanol–water partition coefficient (Wildman–Crippen LogP) is 3.98. The first kappa shape index (κ1) is 19.1. The van der Waals surface area contributed by atoms with Crippen LogP contribution < -0.4 is 5.32 Å². The SMILES string of the molecule is CSc1ccc(C(CC(=O)O)NC(=O)CCc2cccc(C)c2)cc1. The van der Waals surface area contributed by atoms with Crippen molar-refractivity contribution in [1.29, 1.82) is 0 Å². The maximum absolute atomic E-state index is 12.3. The number of hydrogen-bond acceptors (Lipinski definition) is 3. The smallest absolute Gasteiger partial charge is 0.305 e. The topological polar surface area (TPSA) is 66.4 Å². The van der Waals surface area contributed by atoms with Gasteiger partial charge in [-0.2, -0.15) is 0 Å². The molecule has 0 heterocycles. The van der Waals surface area contributed by atoms with E-state index in [1.165, 1.54) is 0 Å². The highest BCUT2D eigenvalue weighted by atomic mass is 32.2. The van der Waals surface area contributed by atoms with Gasteiger partial charge < -0.3 is 10.4 Å². The van der Waals surface area contributed by atoms with E-state index in [-0.39, 0.29) is 12.3 Å². The third kappa shape index (κ3) is 6.27. The molecule has 0 aromatic heterocycles. The minimum atomic E-state index is -0.932. The number of benzene rings is 2. The zero-order chi connectivity index (χ0) is 18.2. The largest absolute Gasteiger partial charge is 0.481 e. The Morgan fingerprint density at radius 1 is 1.16 bits per heavy atom. The quantitative estimate of drug-likeness (QED) is 0.701. The Hall–Kier alpha value is -2.27. The van der Waals surface area contributed by atoms with Gasteiger partial charge in [0.2, 0.25) is 5.91 Å². The molecule has 0 spiro atoms. The summed E-state index contributed by atoms with van der Waals surface area (Å²) in [5, 5.41) is 12.0. The van der Waals surface area contributed by atoms with Crippen LogP contribution in [0.1, 0.15) is 35.6 Å². The van der Waals surface area contributed by atoms with Crippen LogP contribution >= 0.6 is 11.8 Å². The molecule has 0 radical (unpaired) electrons. The van der Waals surface area contributed by atoms with Crippen molar-refractivity contribution in [3.63, 3.8) is 0 Å². The lowest BCUT2D eigenvalue weighted by Gasteiger charge is -2.18. The monoisotopic (exact) mass is 357 g/mol. The number of aryl methyl sites for hydroxylation is 2. The molecule has 5 heteroatoms. The van der Waals surface area contributed by atoms with Gasteiger partial charge in [-0.3, -0.25) is 9.59 Å². The van der Waals surface area contributed by atoms with Gasteiger partial charge in [0.15, 0.2) is 0 Å². The number of nitrogens with one attached hydrogen (secondary N) is 1. The van der Waals surface area contributed by atoms with E-state index in [0.717, 1.165) is 21.6 Å². The molecule has 2 aromatic rings. The molecule has 2 aromatic carbocycles. The summed E-state index contributed by atoms with van der Waals surface area (Å²) < 4.78 is 0. The average Bonchev–Trinajstić information content (AvgIpc) is 2.59. The summed E-state index contributed by atoms with van der Waals surface area (Å²) in [7, 11) is 0. The van der Waals surface area contributed by atoms with Crippen molar-refractivity contribution in [1.82, 2.24) is 5.32 Å². The van der Waals surface area contributed by atoms with Gasteiger partial charge in [0, 0.05) is 11.3 Å². The summed E-state index contributed by atoms with van der Waals surface area (Å²) in [6.07, 6.45) is 2.83. The first-order chi connectivity index (χ1) is 12.0. The lowest BCUT2D eigenvalue weighted by Crippen LogP contribution is -2.30. The second kappa shape index (κ2) is 9.28. The van der Waals surface area contributed by atoms with Gasteiger partial charge >= 0.3 is 5.97 Å². The lowest BCUT2D eigenvalue weighted by atomic mass is 10.0. The van der Waals surface area contributed by atoms with E-state index < -0.39 is 12.0 Å². The summed E-state index contributed by atoms with van der Waals surface area (Å²) in [6, 6.07) is 15.2. The Morgan fingerprint density at radius 2 is 1.88 bits per heavy atom. The molecule has 0 aliphatic heterocycles. The maximum atomic E-state index is 12.3. The molecule has 0 saturated carbocycles. The molecule has 0 fully saturated rings. The van der Waals surface area contributed by atoms with Gasteiger partial charge in [-0.05, 0) is 42.9 Å². The van der Waals surface area contributed by atoms with Gasteiger partial charge in [0.25, 0.3) is 0 Å². The summed E-state index contributed by atoms with van der Waals surface area (Å²) in [5.74, 6) is -1.07. The van der Waals surface area contributed by atoms with Crippen LogP contribution in [-0.2, 0) is 16.0 Å².